The zero-order valence-electron chi connectivity index (χ0n) is 7.16. The number of rotatable bonds is 2. The summed E-state index contributed by atoms with van der Waals surface area (Å²) >= 11 is 0. The molecule has 0 radical (unpaired) electrons. The highest BCUT2D eigenvalue weighted by Gasteiger charge is 1.93. The van der Waals surface area contributed by atoms with Gasteiger partial charge in [-0.1, -0.05) is 12.1 Å². The minimum Gasteiger partial charge on any atom is -0.466 e. The maximum Gasteiger partial charge on any atom is 0.330 e. The molecule has 0 saturated carbocycles. The number of benzene rings is 1. The molecule has 0 amide bonds. The lowest BCUT2D eigenvalue weighted by Gasteiger charge is -1.92. The Kier molecular flexibility index (Phi) is 3.20. The quantitative estimate of drug-likeness (QED) is 0.514. The van der Waals surface area contributed by atoms with E-state index in [1.807, 2.05) is 0 Å². The Morgan fingerprint density at radius 3 is 2.92 bits per heavy atom. The fourth-order valence-electron chi connectivity index (χ4n) is 0.843. The molecule has 68 valence electrons. The minimum absolute atomic E-state index is 0.327. The van der Waals surface area contributed by atoms with E-state index in [-0.39, 0.29) is 5.82 Å². The molecule has 0 spiro atoms. The molecule has 0 N–H and O–H groups in total. The van der Waals surface area contributed by atoms with Gasteiger partial charge in [0.05, 0.1) is 7.11 Å². The molecule has 0 aliphatic carbocycles. The number of esters is 1. The molecule has 0 aliphatic heterocycles. The molecule has 0 fully saturated rings. The molecule has 0 aliphatic rings. The zero-order valence-corrected chi connectivity index (χ0v) is 7.16. The van der Waals surface area contributed by atoms with E-state index < -0.39 is 5.97 Å². The van der Waals surface area contributed by atoms with E-state index in [2.05, 4.69) is 4.74 Å². The van der Waals surface area contributed by atoms with Gasteiger partial charge in [0.15, 0.2) is 0 Å². The van der Waals surface area contributed by atoms with Crippen LogP contribution < -0.4 is 0 Å². The highest BCUT2D eigenvalue weighted by atomic mass is 19.1. The molecule has 2 nitrogen and oxygen atoms in total. The van der Waals surface area contributed by atoms with Crippen molar-refractivity contribution in [3.63, 3.8) is 0 Å². The van der Waals surface area contributed by atoms with E-state index in [4.69, 9.17) is 0 Å². The van der Waals surface area contributed by atoms with E-state index in [1.165, 1.54) is 31.4 Å². The number of carbonyl (C=O) groups excluding carboxylic acids is 1. The largest absolute Gasteiger partial charge is 0.466 e. The first-order chi connectivity index (χ1) is 6.22. The Labute approximate surface area is 75.6 Å². The molecular formula is C10H9FO2. The smallest absolute Gasteiger partial charge is 0.330 e. The second-order valence-electron chi connectivity index (χ2n) is 2.41. The summed E-state index contributed by atoms with van der Waals surface area (Å²) in [7, 11) is 1.29. The monoisotopic (exact) mass is 180 g/mol. The van der Waals surface area contributed by atoms with E-state index >= 15 is 0 Å². The summed E-state index contributed by atoms with van der Waals surface area (Å²) in [5, 5.41) is 0. The number of methoxy groups -OCH3 is 1. The van der Waals surface area contributed by atoms with Gasteiger partial charge in [0.1, 0.15) is 5.82 Å². The van der Waals surface area contributed by atoms with Crippen molar-refractivity contribution in [2.75, 3.05) is 7.11 Å². The van der Waals surface area contributed by atoms with Crippen LogP contribution in [-0.2, 0) is 9.53 Å². The average molecular weight is 180 g/mol. The van der Waals surface area contributed by atoms with Crippen LogP contribution in [0.2, 0.25) is 0 Å². The minimum atomic E-state index is -0.454. The third-order valence-electron chi connectivity index (χ3n) is 1.46. The van der Waals surface area contributed by atoms with Crippen LogP contribution in [0.1, 0.15) is 5.56 Å². The molecule has 0 unspecified atom stereocenters. The van der Waals surface area contributed by atoms with Crippen molar-refractivity contribution < 1.29 is 13.9 Å². The fourth-order valence-corrected chi connectivity index (χ4v) is 0.843. The van der Waals surface area contributed by atoms with Crippen LogP contribution in [0.15, 0.2) is 30.3 Å². The first-order valence-corrected chi connectivity index (χ1v) is 3.74. The van der Waals surface area contributed by atoms with E-state index in [0.717, 1.165) is 0 Å². The van der Waals surface area contributed by atoms with Crippen molar-refractivity contribution in [3.05, 3.63) is 41.7 Å². The zero-order chi connectivity index (χ0) is 9.68. The van der Waals surface area contributed by atoms with Gasteiger partial charge in [-0.3, -0.25) is 0 Å². The Hall–Kier alpha value is -1.64. The Morgan fingerprint density at radius 1 is 1.54 bits per heavy atom. The van der Waals surface area contributed by atoms with Gasteiger partial charge in [-0.2, -0.15) is 0 Å². The molecule has 0 bridgehead atoms. The maximum absolute atomic E-state index is 12.6. The summed E-state index contributed by atoms with van der Waals surface area (Å²) in [5.74, 6) is -0.781. The predicted molar refractivity (Wildman–Crippen MR) is 47.5 cm³/mol. The third-order valence-corrected chi connectivity index (χ3v) is 1.46. The van der Waals surface area contributed by atoms with Crippen molar-refractivity contribution in [2.45, 2.75) is 0 Å². The molecule has 13 heavy (non-hydrogen) atoms. The van der Waals surface area contributed by atoms with E-state index in [9.17, 15) is 9.18 Å². The van der Waals surface area contributed by atoms with Crippen molar-refractivity contribution in [1.82, 2.24) is 0 Å². The Morgan fingerprint density at radius 2 is 2.31 bits per heavy atom. The third kappa shape index (κ3) is 3.07. The van der Waals surface area contributed by atoms with Crippen LogP contribution in [0.25, 0.3) is 6.08 Å². The SMILES string of the molecule is COC(=O)/C=C\c1cccc(F)c1. The first kappa shape index (κ1) is 9.45. The highest BCUT2D eigenvalue weighted by molar-refractivity contribution is 5.86. The summed E-state index contributed by atoms with van der Waals surface area (Å²) in [4.78, 5) is 10.7. The molecule has 1 aromatic rings. The van der Waals surface area contributed by atoms with Gasteiger partial charge < -0.3 is 4.74 Å². The topological polar surface area (TPSA) is 26.3 Å². The summed E-state index contributed by atoms with van der Waals surface area (Å²) in [6, 6.07) is 5.95. The Bertz CT molecular complexity index is 331. The second kappa shape index (κ2) is 4.40. The van der Waals surface area contributed by atoms with Crippen LogP contribution in [0.3, 0.4) is 0 Å². The Balaban J connectivity index is 2.74. The van der Waals surface area contributed by atoms with Crippen molar-refractivity contribution in [1.29, 1.82) is 0 Å². The van der Waals surface area contributed by atoms with Crippen LogP contribution >= 0.6 is 0 Å². The predicted octanol–water partition coefficient (Wildman–Crippen LogP) is 2.01. The number of ether oxygens (including phenoxy) is 1. The lowest BCUT2D eigenvalue weighted by atomic mass is 10.2. The first-order valence-electron chi connectivity index (χ1n) is 3.74. The molecule has 0 aromatic heterocycles. The lowest BCUT2D eigenvalue weighted by molar-refractivity contribution is -0.134. The normalized spacial score (nSPS) is 10.3. The maximum atomic E-state index is 12.6. The molecule has 0 heterocycles. The summed E-state index contributed by atoms with van der Waals surface area (Å²) in [6.07, 6.45) is 2.74. The standard InChI is InChI=1S/C10H9FO2/c1-13-10(12)6-5-8-3-2-4-9(11)7-8/h2-7H,1H3/b6-5-. The molecule has 1 rings (SSSR count). The molecule has 3 heteroatoms. The van der Waals surface area contributed by atoms with Gasteiger partial charge in [-0.25, -0.2) is 9.18 Å². The van der Waals surface area contributed by atoms with E-state index in [1.54, 1.807) is 12.1 Å². The van der Waals surface area contributed by atoms with Gasteiger partial charge in [-0.15, -0.1) is 0 Å². The fraction of sp³-hybridized carbons (Fsp3) is 0.100. The highest BCUT2D eigenvalue weighted by Crippen LogP contribution is 2.05. The number of hydrogen-bond donors (Lipinski definition) is 0. The molecule has 0 saturated heterocycles. The van der Waals surface area contributed by atoms with Crippen LogP contribution in [0, 0.1) is 5.82 Å². The van der Waals surface area contributed by atoms with Gasteiger partial charge >= 0.3 is 5.97 Å². The molecule has 1 aromatic carbocycles. The van der Waals surface area contributed by atoms with Crippen molar-refractivity contribution in [2.24, 2.45) is 0 Å². The summed E-state index contributed by atoms with van der Waals surface area (Å²) in [6.45, 7) is 0. The van der Waals surface area contributed by atoms with Crippen molar-refractivity contribution in [3.8, 4) is 0 Å². The lowest BCUT2D eigenvalue weighted by Crippen LogP contribution is -1.93. The van der Waals surface area contributed by atoms with Gasteiger partial charge in [0, 0.05) is 6.08 Å². The van der Waals surface area contributed by atoms with Crippen LogP contribution in [-0.4, -0.2) is 13.1 Å². The van der Waals surface area contributed by atoms with Crippen LogP contribution in [0.4, 0.5) is 4.39 Å². The van der Waals surface area contributed by atoms with Crippen LogP contribution in [0.5, 0.6) is 0 Å². The summed E-state index contributed by atoms with van der Waals surface area (Å²) in [5.41, 5.74) is 0.630. The van der Waals surface area contributed by atoms with E-state index in [0.29, 0.717) is 5.56 Å². The van der Waals surface area contributed by atoms with Gasteiger partial charge in [0.25, 0.3) is 0 Å². The van der Waals surface area contributed by atoms with Crippen molar-refractivity contribution >= 4 is 12.0 Å². The number of halogens is 1. The number of hydrogen-bond acceptors (Lipinski definition) is 2. The molecular weight excluding hydrogens is 171 g/mol. The summed E-state index contributed by atoms with van der Waals surface area (Å²) < 4.78 is 17.0. The van der Waals surface area contributed by atoms with Gasteiger partial charge in [0.2, 0.25) is 0 Å². The van der Waals surface area contributed by atoms with Gasteiger partial charge in [-0.05, 0) is 23.8 Å². The number of carbonyl (C=O) groups is 1. The second-order valence-corrected chi connectivity index (χ2v) is 2.41. The molecule has 0 atom stereocenters. The average Bonchev–Trinajstić information content (AvgIpc) is 2.14.